The largest absolute Gasteiger partial charge is 0.340 e. The summed E-state index contributed by atoms with van der Waals surface area (Å²) in [6, 6.07) is 3.08. The predicted molar refractivity (Wildman–Crippen MR) is 91.4 cm³/mol. The van der Waals surface area contributed by atoms with Gasteiger partial charge in [-0.05, 0) is 24.5 Å². The van der Waals surface area contributed by atoms with Gasteiger partial charge in [0.25, 0.3) is 5.91 Å². The van der Waals surface area contributed by atoms with Crippen LogP contribution in [0.5, 0.6) is 0 Å². The molecule has 8 heteroatoms. The molecule has 1 aliphatic heterocycles. The Morgan fingerprint density at radius 2 is 2.08 bits per heavy atom. The third kappa shape index (κ3) is 4.48. The van der Waals surface area contributed by atoms with Gasteiger partial charge in [-0.3, -0.25) is 14.5 Å². The first kappa shape index (κ1) is 19.2. The van der Waals surface area contributed by atoms with Gasteiger partial charge in [-0.1, -0.05) is 31.5 Å². The Morgan fingerprint density at radius 3 is 2.68 bits per heavy atom. The third-order valence-corrected chi connectivity index (χ3v) is 4.34. The Balaban J connectivity index is 2.01. The molecule has 0 unspecified atom stereocenters. The molecule has 0 bridgehead atoms. The van der Waals surface area contributed by atoms with E-state index in [2.05, 4.69) is 5.32 Å². The summed E-state index contributed by atoms with van der Waals surface area (Å²) < 4.78 is 13.8. The average Bonchev–Trinajstić information content (AvgIpc) is 2.77. The summed E-state index contributed by atoms with van der Waals surface area (Å²) in [6.07, 6.45) is 0.510. The summed E-state index contributed by atoms with van der Waals surface area (Å²) in [5, 5.41) is 2.80. The van der Waals surface area contributed by atoms with E-state index in [1.807, 2.05) is 13.8 Å². The Kier molecular flexibility index (Phi) is 6.00. The zero-order valence-corrected chi connectivity index (χ0v) is 15.1. The maximum atomic E-state index is 13.8. The second-order valence-electron chi connectivity index (χ2n) is 6.51. The molecule has 0 spiro atoms. The van der Waals surface area contributed by atoms with E-state index in [0.717, 1.165) is 4.90 Å². The molecule has 4 amide bonds. The highest BCUT2D eigenvalue weighted by Crippen LogP contribution is 2.21. The summed E-state index contributed by atoms with van der Waals surface area (Å²) in [6.45, 7) is 3.45. The molecule has 1 aliphatic rings. The Bertz CT molecular complexity index is 675. The second-order valence-corrected chi connectivity index (χ2v) is 6.91. The molecule has 1 heterocycles. The van der Waals surface area contributed by atoms with E-state index in [0.29, 0.717) is 6.42 Å². The third-order valence-electron chi connectivity index (χ3n) is 3.99. The molecular formula is C17H21ClFN3O3. The highest BCUT2D eigenvalue weighted by molar-refractivity contribution is 6.31. The summed E-state index contributed by atoms with van der Waals surface area (Å²) in [5.74, 6) is -1.17. The maximum Gasteiger partial charge on any atom is 0.325 e. The van der Waals surface area contributed by atoms with Gasteiger partial charge in [-0.15, -0.1) is 0 Å². The van der Waals surface area contributed by atoms with Crippen molar-refractivity contribution in [2.75, 3.05) is 13.6 Å². The fourth-order valence-electron chi connectivity index (χ4n) is 2.62. The number of hydrogen-bond donors (Lipinski definition) is 1. The molecule has 1 fully saturated rings. The van der Waals surface area contributed by atoms with Gasteiger partial charge in [-0.25, -0.2) is 9.18 Å². The topological polar surface area (TPSA) is 69.7 Å². The van der Waals surface area contributed by atoms with Crippen molar-refractivity contribution in [2.24, 2.45) is 5.92 Å². The lowest BCUT2D eigenvalue weighted by atomic mass is 10.0. The number of urea groups is 1. The van der Waals surface area contributed by atoms with Crippen LogP contribution in [-0.4, -0.2) is 47.3 Å². The monoisotopic (exact) mass is 369 g/mol. The van der Waals surface area contributed by atoms with E-state index in [1.165, 1.54) is 30.1 Å². The van der Waals surface area contributed by atoms with Crippen molar-refractivity contribution in [3.63, 3.8) is 0 Å². The van der Waals surface area contributed by atoms with Crippen molar-refractivity contribution in [2.45, 2.75) is 32.9 Å². The zero-order valence-electron chi connectivity index (χ0n) is 14.4. The highest BCUT2D eigenvalue weighted by Gasteiger charge is 2.39. The Hall–Kier alpha value is -2.15. The van der Waals surface area contributed by atoms with Crippen LogP contribution in [-0.2, 0) is 16.1 Å². The minimum absolute atomic E-state index is 0.0522. The summed E-state index contributed by atoms with van der Waals surface area (Å²) in [5.41, 5.74) is 0.190. The Labute approximate surface area is 150 Å². The molecule has 0 radical (unpaired) electrons. The molecule has 1 atom stereocenters. The van der Waals surface area contributed by atoms with Crippen molar-refractivity contribution in [3.05, 3.63) is 34.6 Å². The van der Waals surface area contributed by atoms with E-state index in [9.17, 15) is 18.8 Å². The first-order valence-corrected chi connectivity index (χ1v) is 8.37. The molecule has 1 aromatic rings. The number of imide groups is 1. The normalized spacial score (nSPS) is 17.2. The van der Waals surface area contributed by atoms with Gasteiger partial charge in [0, 0.05) is 24.2 Å². The summed E-state index contributed by atoms with van der Waals surface area (Å²) in [4.78, 5) is 38.7. The van der Waals surface area contributed by atoms with Crippen molar-refractivity contribution in [3.8, 4) is 0 Å². The van der Waals surface area contributed by atoms with Crippen LogP contribution in [0.15, 0.2) is 18.2 Å². The van der Waals surface area contributed by atoms with Gasteiger partial charge >= 0.3 is 6.03 Å². The lowest BCUT2D eigenvalue weighted by Crippen LogP contribution is -2.41. The minimum atomic E-state index is -0.605. The van der Waals surface area contributed by atoms with Crippen LogP contribution in [0, 0.1) is 11.7 Å². The first-order valence-electron chi connectivity index (χ1n) is 7.99. The highest BCUT2D eigenvalue weighted by atomic mass is 35.5. The molecule has 1 aromatic carbocycles. The number of amides is 4. The van der Waals surface area contributed by atoms with Gasteiger partial charge in [-0.2, -0.15) is 0 Å². The number of rotatable bonds is 6. The maximum absolute atomic E-state index is 13.8. The van der Waals surface area contributed by atoms with Crippen molar-refractivity contribution < 1.29 is 18.8 Å². The van der Waals surface area contributed by atoms with Crippen LogP contribution in [0.1, 0.15) is 25.8 Å². The second kappa shape index (κ2) is 7.82. The molecule has 1 saturated heterocycles. The molecule has 2 rings (SSSR count). The van der Waals surface area contributed by atoms with Gasteiger partial charge in [0.05, 0.1) is 0 Å². The fraction of sp³-hybridized carbons (Fsp3) is 0.471. The number of nitrogens with one attached hydrogen (secondary N) is 1. The number of halogens is 2. The van der Waals surface area contributed by atoms with E-state index >= 15 is 0 Å². The van der Waals surface area contributed by atoms with E-state index in [-0.39, 0.29) is 29.6 Å². The molecular weight excluding hydrogens is 349 g/mol. The molecule has 0 saturated carbocycles. The number of carbonyl (C=O) groups is 3. The molecule has 136 valence electrons. The lowest BCUT2D eigenvalue weighted by Gasteiger charge is -2.21. The molecule has 6 nitrogen and oxygen atoms in total. The molecule has 0 aliphatic carbocycles. The minimum Gasteiger partial charge on any atom is -0.340 e. The molecule has 25 heavy (non-hydrogen) atoms. The van der Waals surface area contributed by atoms with Crippen molar-refractivity contribution in [1.29, 1.82) is 0 Å². The SMILES string of the molecule is CC(C)C[C@@H]1NC(=O)N(CC(=O)N(C)Cc2c(F)cccc2Cl)C1=O. The quantitative estimate of drug-likeness (QED) is 0.783. The number of hydrogen-bond acceptors (Lipinski definition) is 3. The molecule has 1 N–H and O–H groups in total. The Morgan fingerprint density at radius 1 is 1.40 bits per heavy atom. The van der Waals surface area contributed by atoms with Crippen LogP contribution >= 0.6 is 11.6 Å². The van der Waals surface area contributed by atoms with Gasteiger partial charge in [0.2, 0.25) is 5.91 Å². The smallest absolute Gasteiger partial charge is 0.325 e. The zero-order chi connectivity index (χ0) is 18.7. The van der Waals surface area contributed by atoms with Gasteiger partial charge in [0.15, 0.2) is 0 Å². The van der Waals surface area contributed by atoms with Crippen molar-refractivity contribution in [1.82, 2.24) is 15.1 Å². The fourth-order valence-corrected chi connectivity index (χ4v) is 2.85. The number of nitrogens with zero attached hydrogens (tertiary/aromatic N) is 2. The first-order chi connectivity index (χ1) is 11.7. The van der Waals surface area contributed by atoms with Crippen LogP contribution < -0.4 is 5.32 Å². The van der Waals surface area contributed by atoms with Crippen LogP contribution in [0.4, 0.5) is 9.18 Å². The van der Waals surface area contributed by atoms with E-state index < -0.39 is 29.7 Å². The van der Waals surface area contributed by atoms with E-state index in [4.69, 9.17) is 11.6 Å². The number of carbonyl (C=O) groups excluding carboxylic acids is 3. The molecule has 0 aromatic heterocycles. The summed E-state index contributed by atoms with van der Waals surface area (Å²) in [7, 11) is 1.47. The van der Waals surface area contributed by atoms with E-state index in [1.54, 1.807) is 0 Å². The van der Waals surface area contributed by atoms with Crippen LogP contribution in [0.2, 0.25) is 5.02 Å². The average molecular weight is 370 g/mol. The number of likely N-dealkylation sites (N-methyl/N-ethyl adjacent to an activating group) is 1. The lowest BCUT2D eigenvalue weighted by molar-refractivity contribution is -0.137. The predicted octanol–water partition coefficient (Wildman–Crippen LogP) is 2.40. The van der Waals surface area contributed by atoms with Gasteiger partial charge < -0.3 is 10.2 Å². The van der Waals surface area contributed by atoms with Crippen LogP contribution in [0.3, 0.4) is 0 Å². The van der Waals surface area contributed by atoms with Crippen molar-refractivity contribution >= 4 is 29.4 Å². The van der Waals surface area contributed by atoms with Crippen LogP contribution in [0.25, 0.3) is 0 Å². The standard InChI is InChI=1S/C17H21ClFN3O3/c1-10(2)7-14-16(24)22(17(25)20-14)9-15(23)21(3)8-11-12(18)5-4-6-13(11)19/h4-6,10,14H,7-9H2,1-3H3,(H,20,25)/t14-/m0/s1. The number of benzene rings is 1. The summed E-state index contributed by atoms with van der Waals surface area (Å²) >= 11 is 5.96. The van der Waals surface area contributed by atoms with Gasteiger partial charge in [0.1, 0.15) is 18.4 Å².